The Labute approximate surface area is 147 Å². The van der Waals surface area contributed by atoms with Gasteiger partial charge in [-0.15, -0.1) is 24.0 Å². The van der Waals surface area contributed by atoms with Gasteiger partial charge in [-0.25, -0.2) is 4.98 Å². The topological polar surface area (TPSA) is 88.5 Å². The molecule has 0 bridgehead atoms. The van der Waals surface area contributed by atoms with E-state index in [-0.39, 0.29) is 29.4 Å². The molecule has 0 atom stereocenters. The van der Waals surface area contributed by atoms with E-state index < -0.39 is 0 Å². The average molecular weight is 419 g/mol. The first-order chi connectivity index (χ1) is 9.99. The number of rotatable bonds is 4. The van der Waals surface area contributed by atoms with Gasteiger partial charge in [0.05, 0.1) is 19.3 Å². The Morgan fingerprint density at radius 2 is 2.00 bits per heavy atom. The van der Waals surface area contributed by atoms with E-state index in [9.17, 15) is 0 Å². The highest BCUT2D eigenvalue weighted by Gasteiger charge is 2.19. The molecule has 0 aliphatic carbocycles. The van der Waals surface area contributed by atoms with Crippen molar-refractivity contribution in [2.24, 2.45) is 4.99 Å². The highest BCUT2D eigenvalue weighted by atomic mass is 127. The van der Waals surface area contributed by atoms with Crippen LogP contribution < -0.4 is 10.6 Å². The van der Waals surface area contributed by atoms with Gasteiger partial charge in [-0.05, 0) is 0 Å². The number of aromatic nitrogens is 2. The zero-order valence-electron chi connectivity index (χ0n) is 13.2. The molecule has 0 spiro atoms. The summed E-state index contributed by atoms with van der Waals surface area (Å²) in [6.07, 6.45) is 3.30. The van der Waals surface area contributed by atoms with Gasteiger partial charge in [0, 0.05) is 18.5 Å². The van der Waals surface area contributed by atoms with Gasteiger partial charge in [-0.2, -0.15) is 0 Å². The van der Waals surface area contributed by atoms with Crippen molar-refractivity contribution in [1.29, 1.82) is 0 Å². The molecular weight excluding hydrogens is 397 g/mol. The Morgan fingerprint density at radius 1 is 1.27 bits per heavy atom. The van der Waals surface area contributed by atoms with Crippen molar-refractivity contribution < 1.29 is 8.94 Å². The summed E-state index contributed by atoms with van der Waals surface area (Å²) in [6, 6.07) is 1.80. The third-order valence-corrected chi connectivity index (χ3v) is 2.85. The van der Waals surface area contributed by atoms with Gasteiger partial charge in [0.2, 0.25) is 5.89 Å². The van der Waals surface area contributed by atoms with Gasteiger partial charge >= 0.3 is 0 Å². The highest BCUT2D eigenvalue weighted by molar-refractivity contribution is 14.0. The van der Waals surface area contributed by atoms with Gasteiger partial charge in [0.15, 0.2) is 5.96 Å². The minimum Gasteiger partial charge on any atom is -0.443 e. The predicted octanol–water partition coefficient (Wildman–Crippen LogP) is 2.44. The smallest absolute Gasteiger partial charge is 0.213 e. The summed E-state index contributed by atoms with van der Waals surface area (Å²) in [5.74, 6) is 2.14. The number of guanidine groups is 1. The molecule has 0 unspecified atom stereocenters. The predicted molar refractivity (Wildman–Crippen MR) is 94.2 cm³/mol. The molecule has 0 fully saturated rings. The normalized spacial score (nSPS) is 11.9. The zero-order valence-corrected chi connectivity index (χ0v) is 15.5. The largest absolute Gasteiger partial charge is 0.443 e. The fraction of sp³-hybridized carbons (Fsp3) is 0.500. The van der Waals surface area contributed by atoms with E-state index in [1.807, 2.05) is 0 Å². The van der Waals surface area contributed by atoms with E-state index in [1.165, 1.54) is 6.26 Å². The second-order valence-corrected chi connectivity index (χ2v) is 5.64. The van der Waals surface area contributed by atoms with Crippen LogP contribution in [0, 0.1) is 0 Å². The van der Waals surface area contributed by atoms with Gasteiger partial charge in [-0.1, -0.05) is 25.9 Å². The molecule has 0 aromatic carbocycles. The molecule has 0 amide bonds. The van der Waals surface area contributed by atoms with E-state index in [2.05, 4.69) is 46.5 Å². The van der Waals surface area contributed by atoms with Gasteiger partial charge < -0.3 is 19.6 Å². The molecule has 0 radical (unpaired) electrons. The van der Waals surface area contributed by atoms with Crippen LogP contribution in [0.1, 0.15) is 38.1 Å². The van der Waals surface area contributed by atoms with Crippen LogP contribution in [0.15, 0.2) is 32.5 Å². The molecule has 7 nitrogen and oxygen atoms in total. The Morgan fingerprint density at radius 3 is 2.55 bits per heavy atom. The van der Waals surface area contributed by atoms with Crippen LogP contribution in [0.3, 0.4) is 0 Å². The monoisotopic (exact) mass is 419 g/mol. The molecule has 2 rings (SSSR count). The van der Waals surface area contributed by atoms with Crippen molar-refractivity contribution in [3.8, 4) is 0 Å². The lowest BCUT2D eigenvalue weighted by molar-refractivity contribution is 0.379. The van der Waals surface area contributed by atoms with E-state index in [0.717, 1.165) is 11.5 Å². The van der Waals surface area contributed by atoms with Crippen molar-refractivity contribution in [1.82, 2.24) is 20.8 Å². The van der Waals surface area contributed by atoms with Crippen LogP contribution >= 0.6 is 24.0 Å². The number of nitrogens with zero attached hydrogens (tertiary/aromatic N) is 3. The molecule has 0 saturated heterocycles. The molecule has 0 aliphatic heterocycles. The number of halogens is 1. The molecule has 2 aromatic rings. The summed E-state index contributed by atoms with van der Waals surface area (Å²) in [5.41, 5.74) is 0.766. The molecule has 122 valence electrons. The van der Waals surface area contributed by atoms with Crippen molar-refractivity contribution in [2.75, 3.05) is 7.05 Å². The van der Waals surface area contributed by atoms with Crippen molar-refractivity contribution in [3.63, 3.8) is 0 Å². The Hall–Kier alpha value is -1.58. The number of nitrogens with one attached hydrogen (secondary N) is 2. The fourth-order valence-electron chi connectivity index (χ4n) is 1.62. The van der Waals surface area contributed by atoms with Crippen molar-refractivity contribution in [2.45, 2.75) is 39.3 Å². The molecule has 2 N–H and O–H groups in total. The standard InChI is InChI=1S/C14H21N5O2.HI/c1-14(2,3)11-8-16-12(21-11)9-18-13(15-4)17-7-10-5-6-20-19-10;/h5-6,8H,7,9H2,1-4H3,(H2,15,17,18);1H. The number of hydrogen-bond donors (Lipinski definition) is 2. The maximum atomic E-state index is 5.71. The first-order valence-electron chi connectivity index (χ1n) is 6.78. The Kier molecular flexibility index (Phi) is 6.85. The molecule has 0 saturated carbocycles. The number of oxazole rings is 1. The average Bonchev–Trinajstić information content (AvgIpc) is 3.09. The van der Waals surface area contributed by atoms with E-state index in [1.54, 1.807) is 19.3 Å². The first-order valence-corrected chi connectivity index (χ1v) is 6.78. The summed E-state index contributed by atoms with van der Waals surface area (Å²) in [6.45, 7) is 7.26. The molecule has 0 aliphatic rings. The molecule has 2 aromatic heterocycles. The lowest BCUT2D eigenvalue weighted by atomic mass is 9.94. The SMILES string of the molecule is CN=C(NCc1ccon1)NCc1ncc(C(C)(C)C)o1.I. The summed E-state index contributed by atoms with van der Waals surface area (Å²) in [5, 5.41) is 10.1. The van der Waals surface area contributed by atoms with Crippen LogP contribution in [-0.4, -0.2) is 23.1 Å². The van der Waals surface area contributed by atoms with Crippen LogP contribution in [0.2, 0.25) is 0 Å². The van der Waals surface area contributed by atoms with Gasteiger partial charge in [0.1, 0.15) is 17.7 Å². The molecular formula is C14H22IN5O2. The third kappa shape index (κ3) is 5.32. The van der Waals surface area contributed by atoms with E-state index in [0.29, 0.717) is 24.9 Å². The molecule has 2 heterocycles. The Balaban J connectivity index is 0.00000242. The zero-order chi connectivity index (χ0) is 15.3. The summed E-state index contributed by atoms with van der Waals surface area (Å²) >= 11 is 0. The van der Waals surface area contributed by atoms with E-state index >= 15 is 0 Å². The lowest BCUT2D eigenvalue weighted by Crippen LogP contribution is -2.36. The van der Waals surface area contributed by atoms with Gasteiger partial charge in [-0.3, -0.25) is 4.99 Å². The van der Waals surface area contributed by atoms with Crippen molar-refractivity contribution >= 4 is 29.9 Å². The Bertz CT molecular complexity index is 587. The quantitative estimate of drug-likeness (QED) is 0.450. The second kappa shape index (κ2) is 8.16. The maximum absolute atomic E-state index is 5.71. The summed E-state index contributed by atoms with van der Waals surface area (Å²) in [7, 11) is 1.70. The van der Waals surface area contributed by atoms with Crippen LogP contribution in [0.4, 0.5) is 0 Å². The minimum absolute atomic E-state index is 0. The van der Waals surface area contributed by atoms with Crippen molar-refractivity contribution in [3.05, 3.63) is 35.9 Å². The first kappa shape index (κ1) is 18.5. The third-order valence-electron chi connectivity index (χ3n) is 2.85. The minimum atomic E-state index is -0.0435. The second-order valence-electron chi connectivity index (χ2n) is 5.64. The summed E-state index contributed by atoms with van der Waals surface area (Å²) in [4.78, 5) is 8.38. The number of aliphatic imine (C=N–C) groups is 1. The molecule has 8 heteroatoms. The van der Waals surface area contributed by atoms with Crippen LogP contribution in [0.25, 0.3) is 0 Å². The summed E-state index contributed by atoms with van der Waals surface area (Å²) < 4.78 is 10.5. The number of hydrogen-bond acceptors (Lipinski definition) is 5. The maximum Gasteiger partial charge on any atom is 0.213 e. The molecule has 22 heavy (non-hydrogen) atoms. The van der Waals surface area contributed by atoms with E-state index in [4.69, 9.17) is 8.94 Å². The van der Waals surface area contributed by atoms with Gasteiger partial charge in [0.25, 0.3) is 0 Å². The van der Waals surface area contributed by atoms with Crippen LogP contribution in [-0.2, 0) is 18.5 Å². The van der Waals surface area contributed by atoms with Crippen LogP contribution in [0.5, 0.6) is 0 Å². The lowest BCUT2D eigenvalue weighted by Gasteiger charge is -2.13. The highest BCUT2D eigenvalue weighted by Crippen LogP contribution is 2.22. The fourth-order valence-corrected chi connectivity index (χ4v) is 1.62.